The molecule has 0 unspecified atom stereocenters. The van der Waals surface area contributed by atoms with Crippen molar-refractivity contribution in [2.45, 2.75) is 6.92 Å². The molecule has 0 atom stereocenters. The molecule has 0 amide bonds. The molecule has 2 aromatic rings. The van der Waals surface area contributed by atoms with E-state index in [1.807, 2.05) is 12.3 Å². The first-order chi connectivity index (χ1) is 10.8. The van der Waals surface area contributed by atoms with Crippen molar-refractivity contribution >= 4 is 5.69 Å². The second kappa shape index (κ2) is 6.54. The van der Waals surface area contributed by atoms with Crippen LogP contribution in [0.4, 0.5) is 5.69 Å². The number of nitrogens with two attached hydrogens (primary N) is 1. The number of hydrogen-bond acceptors (Lipinski definition) is 4. The van der Waals surface area contributed by atoms with Crippen molar-refractivity contribution < 1.29 is 0 Å². The number of nitrogens with zero attached hydrogens (tertiary/aromatic N) is 1. The summed E-state index contributed by atoms with van der Waals surface area (Å²) in [5.41, 5.74) is 12.0. The quantitative estimate of drug-likeness (QED) is 0.741. The maximum absolute atomic E-state index is 5.95. The van der Waals surface area contributed by atoms with Crippen LogP contribution in [-0.2, 0) is 0 Å². The Kier molecular flexibility index (Phi) is 4.30. The molecule has 0 bridgehead atoms. The molecule has 1 aliphatic heterocycles. The number of aryl methyl sites for hydroxylation is 1. The highest BCUT2D eigenvalue weighted by Crippen LogP contribution is 2.27. The van der Waals surface area contributed by atoms with Crippen LogP contribution in [0.1, 0.15) is 5.56 Å². The molecular weight excluding hydrogens is 272 g/mol. The molecule has 0 radical (unpaired) electrons. The van der Waals surface area contributed by atoms with Gasteiger partial charge in [-0.1, -0.05) is 36.4 Å². The number of nitrogens with one attached hydrogen (secondary N) is 2. The van der Waals surface area contributed by atoms with Gasteiger partial charge in [-0.25, -0.2) is 0 Å². The standard InChI is InChI=1S/C18H22N4/c1-14-9-16(15-5-3-2-4-6-15)7-8-18(14)22(12-19)11-17-10-20-13-21-17/h2-10,20-21H,11-13,19H2,1H3. The van der Waals surface area contributed by atoms with Crippen LogP contribution in [0, 0.1) is 6.92 Å². The van der Waals surface area contributed by atoms with Gasteiger partial charge in [0.15, 0.2) is 0 Å². The molecule has 4 nitrogen and oxygen atoms in total. The highest BCUT2D eigenvalue weighted by molar-refractivity contribution is 5.69. The van der Waals surface area contributed by atoms with Gasteiger partial charge in [0.2, 0.25) is 0 Å². The topological polar surface area (TPSA) is 53.3 Å². The van der Waals surface area contributed by atoms with Gasteiger partial charge in [-0.15, -0.1) is 0 Å². The second-order valence-corrected chi connectivity index (χ2v) is 5.48. The Hall–Kier alpha value is -2.46. The average Bonchev–Trinajstić information content (AvgIpc) is 3.07. The molecule has 3 rings (SSSR count). The largest absolute Gasteiger partial charge is 0.372 e. The lowest BCUT2D eigenvalue weighted by molar-refractivity contribution is 0.767. The van der Waals surface area contributed by atoms with E-state index < -0.39 is 0 Å². The van der Waals surface area contributed by atoms with E-state index in [-0.39, 0.29) is 0 Å². The van der Waals surface area contributed by atoms with Gasteiger partial charge in [-0.3, -0.25) is 0 Å². The maximum Gasteiger partial charge on any atom is 0.0843 e. The third-order valence-corrected chi connectivity index (χ3v) is 3.92. The minimum atomic E-state index is 0.491. The molecule has 0 spiro atoms. The molecule has 1 heterocycles. The van der Waals surface area contributed by atoms with Crippen LogP contribution in [0.3, 0.4) is 0 Å². The average molecular weight is 294 g/mol. The molecule has 2 aromatic carbocycles. The van der Waals surface area contributed by atoms with E-state index in [4.69, 9.17) is 5.73 Å². The van der Waals surface area contributed by atoms with Crippen molar-refractivity contribution in [3.8, 4) is 11.1 Å². The summed E-state index contributed by atoms with van der Waals surface area (Å²) in [7, 11) is 0. The van der Waals surface area contributed by atoms with Crippen molar-refractivity contribution in [3.63, 3.8) is 0 Å². The van der Waals surface area contributed by atoms with E-state index in [0.717, 1.165) is 18.9 Å². The molecule has 0 aromatic heterocycles. The molecule has 114 valence electrons. The minimum Gasteiger partial charge on any atom is -0.372 e. The second-order valence-electron chi connectivity index (χ2n) is 5.48. The summed E-state index contributed by atoms with van der Waals surface area (Å²) in [6.45, 7) is 4.21. The van der Waals surface area contributed by atoms with E-state index in [9.17, 15) is 0 Å². The fraction of sp³-hybridized carbons (Fsp3) is 0.222. The minimum absolute atomic E-state index is 0.491. The van der Waals surface area contributed by atoms with Crippen LogP contribution >= 0.6 is 0 Å². The first kappa shape index (κ1) is 14.5. The lowest BCUT2D eigenvalue weighted by Gasteiger charge is -2.25. The molecule has 0 saturated heterocycles. The molecule has 0 aliphatic carbocycles. The highest BCUT2D eigenvalue weighted by atomic mass is 15.2. The number of rotatable bonds is 5. The van der Waals surface area contributed by atoms with Crippen molar-refractivity contribution in [2.75, 3.05) is 24.8 Å². The predicted octanol–water partition coefficient (Wildman–Crippen LogP) is 2.38. The van der Waals surface area contributed by atoms with Gasteiger partial charge in [0, 0.05) is 17.6 Å². The number of hydrogen-bond donors (Lipinski definition) is 3. The van der Waals surface area contributed by atoms with Crippen molar-refractivity contribution in [3.05, 3.63) is 66.0 Å². The zero-order valence-electron chi connectivity index (χ0n) is 12.8. The van der Waals surface area contributed by atoms with Crippen LogP contribution < -0.4 is 21.3 Å². The zero-order chi connectivity index (χ0) is 15.4. The highest BCUT2D eigenvalue weighted by Gasteiger charge is 2.12. The summed E-state index contributed by atoms with van der Waals surface area (Å²) in [6.07, 6.45) is 2.01. The molecule has 0 fully saturated rings. The number of benzene rings is 2. The predicted molar refractivity (Wildman–Crippen MR) is 92.2 cm³/mol. The van der Waals surface area contributed by atoms with Gasteiger partial charge in [0.05, 0.1) is 19.9 Å². The Labute approximate surface area is 131 Å². The summed E-state index contributed by atoms with van der Waals surface area (Å²) in [4.78, 5) is 2.18. The summed E-state index contributed by atoms with van der Waals surface area (Å²) in [5, 5.41) is 6.46. The van der Waals surface area contributed by atoms with Crippen LogP contribution in [0.15, 0.2) is 60.4 Å². The fourth-order valence-corrected chi connectivity index (χ4v) is 2.77. The Morgan fingerprint density at radius 2 is 1.91 bits per heavy atom. The first-order valence-corrected chi connectivity index (χ1v) is 7.55. The van der Waals surface area contributed by atoms with Gasteiger partial charge in [-0.2, -0.15) is 0 Å². The first-order valence-electron chi connectivity index (χ1n) is 7.55. The third-order valence-electron chi connectivity index (χ3n) is 3.92. The van der Waals surface area contributed by atoms with Gasteiger partial charge in [0.1, 0.15) is 0 Å². The summed E-state index contributed by atoms with van der Waals surface area (Å²) in [6, 6.07) is 17.0. The summed E-state index contributed by atoms with van der Waals surface area (Å²) < 4.78 is 0. The molecule has 22 heavy (non-hydrogen) atoms. The van der Waals surface area contributed by atoms with E-state index in [0.29, 0.717) is 6.67 Å². The zero-order valence-corrected chi connectivity index (χ0v) is 12.8. The van der Waals surface area contributed by atoms with Gasteiger partial charge in [0.25, 0.3) is 0 Å². The van der Waals surface area contributed by atoms with E-state index in [1.54, 1.807) is 0 Å². The SMILES string of the molecule is Cc1cc(-c2ccccc2)ccc1N(CN)CC1=CNCN1. The molecule has 4 N–H and O–H groups in total. The van der Waals surface area contributed by atoms with Gasteiger partial charge < -0.3 is 21.3 Å². The van der Waals surface area contributed by atoms with Gasteiger partial charge >= 0.3 is 0 Å². The normalized spacial score (nSPS) is 13.3. The summed E-state index contributed by atoms with van der Waals surface area (Å²) >= 11 is 0. The lowest BCUT2D eigenvalue weighted by Crippen LogP contribution is -2.34. The Bertz CT molecular complexity index is 664. The van der Waals surface area contributed by atoms with Crippen LogP contribution in [0.5, 0.6) is 0 Å². The fourth-order valence-electron chi connectivity index (χ4n) is 2.77. The van der Waals surface area contributed by atoms with Crippen LogP contribution in [0.25, 0.3) is 11.1 Å². The van der Waals surface area contributed by atoms with E-state index >= 15 is 0 Å². The maximum atomic E-state index is 5.95. The van der Waals surface area contributed by atoms with Gasteiger partial charge in [-0.05, 0) is 35.7 Å². The van der Waals surface area contributed by atoms with Crippen LogP contribution in [0.2, 0.25) is 0 Å². The Balaban J connectivity index is 1.84. The monoisotopic (exact) mass is 294 g/mol. The number of anilines is 1. The molecule has 4 heteroatoms. The summed E-state index contributed by atoms with van der Waals surface area (Å²) in [5.74, 6) is 0. The van der Waals surface area contributed by atoms with E-state index in [1.165, 1.54) is 22.4 Å². The Morgan fingerprint density at radius 3 is 2.55 bits per heavy atom. The van der Waals surface area contributed by atoms with Crippen molar-refractivity contribution in [1.29, 1.82) is 0 Å². The molecule has 0 saturated carbocycles. The molecule has 1 aliphatic rings. The Morgan fingerprint density at radius 1 is 1.09 bits per heavy atom. The van der Waals surface area contributed by atoms with Crippen LogP contribution in [-0.4, -0.2) is 19.9 Å². The van der Waals surface area contributed by atoms with Crippen molar-refractivity contribution in [1.82, 2.24) is 10.6 Å². The van der Waals surface area contributed by atoms with E-state index in [2.05, 4.69) is 64.9 Å². The van der Waals surface area contributed by atoms with Crippen molar-refractivity contribution in [2.24, 2.45) is 5.73 Å². The molecular formula is C18H22N4. The third kappa shape index (κ3) is 3.07. The lowest BCUT2D eigenvalue weighted by atomic mass is 10.0. The smallest absolute Gasteiger partial charge is 0.0843 e.